The highest BCUT2D eigenvalue weighted by molar-refractivity contribution is 6.20. The van der Waals surface area contributed by atoms with Gasteiger partial charge in [-0.3, -0.25) is 24.5 Å². The van der Waals surface area contributed by atoms with Gasteiger partial charge in [0.15, 0.2) is 5.78 Å². The number of hydrogen-bond acceptors (Lipinski definition) is 8. The quantitative estimate of drug-likeness (QED) is 0.332. The Morgan fingerprint density at radius 2 is 1.68 bits per heavy atom. The van der Waals surface area contributed by atoms with E-state index >= 15 is 0 Å². The lowest BCUT2D eigenvalue weighted by Gasteiger charge is -2.15. The average molecular weight is 456 g/mol. The van der Waals surface area contributed by atoms with Crippen molar-refractivity contribution in [2.24, 2.45) is 0 Å². The molecular weight excluding hydrogens is 436 g/mol. The van der Waals surface area contributed by atoms with Gasteiger partial charge in [0, 0.05) is 6.20 Å². The molecular formula is C24H20N6O4. The Hall–Kier alpha value is -4.44. The number of hydrogen-bond donors (Lipinski definition) is 1. The number of aromatic nitrogens is 4. The Morgan fingerprint density at radius 3 is 2.35 bits per heavy atom. The van der Waals surface area contributed by atoms with E-state index in [0.717, 1.165) is 16.1 Å². The van der Waals surface area contributed by atoms with Crippen LogP contribution >= 0.6 is 0 Å². The summed E-state index contributed by atoms with van der Waals surface area (Å²) in [5.74, 6) is -0.322. The fourth-order valence-electron chi connectivity index (χ4n) is 3.88. The third-order valence-corrected chi connectivity index (χ3v) is 5.53. The zero-order valence-electron chi connectivity index (χ0n) is 18.5. The molecule has 0 atom stereocenters. The number of imide groups is 1. The Kier molecular flexibility index (Phi) is 5.34. The van der Waals surface area contributed by atoms with Crippen LogP contribution in [0.25, 0.3) is 11.0 Å². The zero-order valence-corrected chi connectivity index (χ0v) is 18.5. The highest BCUT2D eigenvalue weighted by atomic mass is 16.7. The van der Waals surface area contributed by atoms with E-state index in [4.69, 9.17) is 4.84 Å². The summed E-state index contributed by atoms with van der Waals surface area (Å²) in [6, 6.07) is 14.1. The number of imidazole rings is 1. The van der Waals surface area contributed by atoms with Gasteiger partial charge >= 0.3 is 0 Å². The molecule has 0 radical (unpaired) electrons. The van der Waals surface area contributed by atoms with Crippen molar-refractivity contribution in [2.45, 2.75) is 20.4 Å². The highest BCUT2D eigenvalue weighted by Gasteiger charge is 2.36. The van der Waals surface area contributed by atoms with E-state index in [1.54, 1.807) is 31.2 Å². The van der Waals surface area contributed by atoms with Crippen molar-refractivity contribution in [3.8, 4) is 0 Å². The van der Waals surface area contributed by atoms with Crippen molar-refractivity contribution >= 4 is 40.5 Å². The summed E-state index contributed by atoms with van der Waals surface area (Å²) in [6.07, 6.45) is 1.48. The second kappa shape index (κ2) is 8.49. The van der Waals surface area contributed by atoms with E-state index in [2.05, 4.69) is 20.3 Å². The molecule has 0 spiro atoms. The van der Waals surface area contributed by atoms with E-state index in [9.17, 15) is 14.4 Å². The van der Waals surface area contributed by atoms with E-state index in [0.29, 0.717) is 40.8 Å². The Balaban J connectivity index is 1.37. The van der Waals surface area contributed by atoms with E-state index in [1.807, 2.05) is 28.8 Å². The number of amides is 2. The van der Waals surface area contributed by atoms with Gasteiger partial charge in [-0.15, -0.1) is 5.06 Å². The fraction of sp³-hybridized carbons (Fsp3) is 0.167. The van der Waals surface area contributed by atoms with Gasteiger partial charge in [-0.05, 0) is 38.1 Å². The molecule has 3 heterocycles. The van der Waals surface area contributed by atoms with Gasteiger partial charge in [0.05, 0.1) is 46.6 Å². The fourth-order valence-corrected chi connectivity index (χ4v) is 3.88. The molecule has 10 nitrogen and oxygen atoms in total. The molecule has 0 aliphatic carbocycles. The van der Waals surface area contributed by atoms with Gasteiger partial charge in [-0.25, -0.2) is 15.0 Å². The predicted molar refractivity (Wildman–Crippen MR) is 123 cm³/mol. The lowest BCUT2D eigenvalue weighted by molar-refractivity contribution is -0.0932. The SMILES string of the molecule is CC(=O)c1cnc(Nc2nc3ccccc3n2CCON2C(=O)c3ccccc3C2=O)nc1C. The monoisotopic (exact) mass is 456 g/mol. The number of rotatable bonds is 7. The summed E-state index contributed by atoms with van der Waals surface area (Å²) < 4.78 is 1.85. The van der Waals surface area contributed by atoms with E-state index < -0.39 is 11.8 Å². The number of fused-ring (bicyclic) bond motifs is 2. The van der Waals surface area contributed by atoms with Crippen molar-refractivity contribution in [3.05, 3.63) is 77.1 Å². The molecule has 0 unspecified atom stereocenters. The van der Waals surface area contributed by atoms with Crippen LogP contribution in [0, 0.1) is 6.92 Å². The number of Topliss-reactive ketones (excluding diaryl/α,β-unsaturated/α-hetero) is 1. The summed E-state index contributed by atoms with van der Waals surface area (Å²) in [4.78, 5) is 55.5. The zero-order chi connectivity index (χ0) is 23.8. The second-order valence-corrected chi connectivity index (χ2v) is 7.73. The third-order valence-electron chi connectivity index (χ3n) is 5.53. The van der Waals surface area contributed by atoms with Gasteiger partial charge < -0.3 is 4.57 Å². The first kappa shape index (κ1) is 21.4. The summed E-state index contributed by atoms with van der Waals surface area (Å²) in [6.45, 7) is 3.54. The highest BCUT2D eigenvalue weighted by Crippen LogP contribution is 2.24. The number of ketones is 1. The Labute approximate surface area is 194 Å². The molecule has 0 saturated heterocycles. The van der Waals surface area contributed by atoms with Gasteiger partial charge in [-0.2, -0.15) is 0 Å². The first-order valence-corrected chi connectivity index (χ1v) is 10.6. The average Bonchev–Trinajstić information content (AvgIpc) is 3.29. The van der Waals surface area contributed by atoms with Gasteiger partial charge in [0.25, 0.3) is 11.8 Å². The first-order valence-electron chi connectivity index (χ1n) is 10.6. The number of para-hydroxylation sites is 2. The van der Waals surface area contributed by atoms with Crippen LogP contribution in [-0.2, 0) is 11.4 Å². The number of carbonyl (C=O) groups excluding carboxylic acids is 3. The molecule has 1 N–H and O–H groups in total. The lowest BCUT2D eigenvalue weighted by Crippen LogP contribution is -2.31. The smallest absolute Gasteiger partial charge is 0.285 e. The van der Waals surface area contributed by atoms with E-state index in [1.165, 1.54) is 13.1 Å². The first-order chi connectivity index (χ1) is 16.4. The van der Waals surface area contributed by atoms with Gasteiger partial charge in [-0.1, -0.05) is 24.3 Å². The number of nitrogens with zero attached hydrogens (tertiary/aromatic N) is 5. The standard InChI is InChI=1S/C24H20N6O4/c1-14-18(15(2)31)13-25-23(26-14)28-24-27-19-9-5-6-10-20(19)29(24)11-12-34-30-21(32)16-7-3-4-8-17(16)22(30)33/h3-10,13H,11-12H2,1-2H3,(H,25,26,27,28). The number of aryl methyl sites for hydroxylation is 1. The summed E-state index contributed by atoms with van der Waals surface area (Å²) in [5, 5.41) is 3.89. The molecule has 34 heavy (non-hydrogen) atoms. The maximum atomic E-state index is 12.5. The van der Waals surface area contributed by atoms with Crippen molar-refractivity contribution < 1.29 is 19.2 Å². The molecule has 1 aliphatic heterocycles. The summed E-state index contributed by atoms with van der Waals surface area (Å²) >= 11 is 0. The molecule has 0 bridgehead atoms. The normalized spacial score (nSPS) is 12.9. The van der Waals surface area contributed by atoms with Crippen LogP contribution < -0.4 is 5.32 Å². The predicted octanol–water partition coefficient (Wildman–Crippen LogP) is 3.31. The largest absolute Gasteiger partial charge is 0.307 e. The molecule has 2 amide bonds. The topological polar surface area (TPSA) is 119 Å². The van der Waals surface area contributed by atoms with E-state index in [-0.39, 0.29) is 12.4 Å². The molecule has 4 aromatic rings. The molecule has 5 rings (SSSR count). The van der Waals surface area contributed by atoms with Crippen LogP contribution in [0.15, 0.2) is 54.7 Å². The number of nitrogens with one attached hydrogen (secondary N) is 1. The minimum Gasteiger partial charge on any atom is -0.307 e. The van der Waals surface area contributed by atoms with Crippen molar-refractivity contribution in [1.29, 1.82) is 0 Å². The van der Waals surface area contributed by atoms with Crippen molar-refractivity contribution in [3.63, 3.8) is 0 Å². The van der Waals surface area contributed by atoms with Gasteiger partial charge in [0.1, 0.15) is 0 Å². The maximum absolute atomic E-state index is 12.5. The number of benzene rings is 2. The Morgan fingerprint density at radius 1 is 1.00 bits per heavy atom. The second-order valence-electron chi connectivity index (χ2n) is 7.73. The molecule has 1 aliphatic rings. The van der Waals surface area contributed by atoms with Crippen LogP contribution in [0.4, 0.5) is 11.9 Å². The lowest BCUT2D eigenvalue weighted by atomic mass is 10.1. The molecule has 0 saturated carbocycles. The number of hydroxylamine groups is 2. The van der Waals surface area contributed by atoms with Crippen LogP contribution in [0.5, 0.6) is 0 Å². The van der Waals surface area contributed by atoms with Crippen LogP contribution in [-0.4, -0.2) is 48.8 Å². The minimum absolute atomic E-state index is 0.0453. The molecule has 2 aromatic heterocycles. The van der Waals surface area contributed by atoms with Crippen LogP contribution in [0.2, 0.25) is 0 Å². The summed E-state index contributed by atoms with van der Waals surface area (Å²) in [5.41, 5.74) is 3.22. The number of carbonyl (C=O) groups is 3. The molecule has 170 valence electrons. The minimum atomic E-state index is -0.483. The Bertz CT molecular complexity index is 1430. The van der Waals surface area contributed by atoms with Crippen molar-refractivity contribution in [2.75, 3.05) is 11.9 Å². The maximum Gasteiger partial charge on any atom is 0.285 e. The van der Waals surface area contributed by atoms with Crippen molar-refractivity contribution in [1.82, 2.24) is 24.6 Å². The number of anilines is 2. The van der Waals surface area contributed by atoms with Crippen LogP contribution in [0.1, 0.15) is 43.7 Å². The van der Waals surface area contributed by atoms with Gasteiger partial charge in [0.2, 0.25) is 11.9 Å². The van der Waals surface area contributed by atoms with Crippen LogP contribution in [0.3, 0.4) is 0 Å². The third kappa shape index (κ3) is 3.69. The molecule has 10 heteroatoms. The summed E-state index contributed by atoms with van der Waals surface area (Å²) in [7, 11) is 0. The molecule has 0 fully saturated rings. The molecule has 2 aromatic carbocycles.